The first-order chi connectivity index (χ1) is 17.6. The number of hydrogen-bond donors (Lipinski definition) is 1. The number of amides is 4. The van der Waals surface area contributed by atoms with E-state index in [-0.39, 0.29) is 36.5 Å². The number of nitro benzene ring substituents is 1. The lowest BCUT2D eigenvalue weighted by Crippen LogP contribution is -2.49. The number of ether oxygens (including phenoxy) is 1. The first kappa shape index (κ1) is 25.5. The lowest BCUT2D eigenvalue weighted by Gasteiger charge is -2.38. The Morgan fingerprint density at radius 3 is 2.30 bits per heavy atom. The van der Waals surface area contributed by atoms with Gasteiger partial charge in [-0.1, -0.05) is 24.3 Å². The smallest absolute Gasteiger partial charge is 0.338 e. The number of carbonyl (C=O) groups is 4. The van der Waals surface area contributed by atoms with Crippen LogP contribution < -0.4 is 5.32 Å². The van der Waals surface area contributed by atoms with E-state index in [9.17, 15) is 29.3 Å². The normalized spacial score (nSPS) is 17.3. The lowest BCUT2D eigenvalue weighted by molar-refractivity contribution is -0.384. The van der Waals surface area contributed by atoms with Gasteiger partial charge >= 0.3 is 12.0 Å². The highest BCUT2D eigenvalue weighted by Gasteiger charge is 2.40. The van der Waals surface area contributed by atoms with Gasteiger partial charge in [0.15, 0.2) is 0 Å². The zero-order valence-corrected chi connectivity index (χ0v) is 20.6. The molecule has 0 fully saturated rings. The number of allylic oxidation sites excluding steroid dienone is 1. The summed E-state index contributed by atoms with van der Waals surface area (Å²) in [5.41, 5.74) is 1.26. The zero-order valence-electron chi connectivity index (χ0n) is 20.6. The molecule has 37 heavy (non-hydrogen) atoms. The predicted octanol–water partition coefficient (Wildman–Crippen LogP) is 3.57. The predicted molar refractivity (Wildman–Crippen MR) is 131 cm³/mol. The number of fused-ring (bicyclic) bond motifs is 1. The molecule has 0 aromatic heterocycles. The summed E-state index contributed by atoms with van der Waals surface area (Å²) in [6, 6.07) is 10.8. The Balaban J connectivity index is 1.63. The third kappa shape index (κ3) is 4.92. The topological polar surface area (TPSA) is 139 Å². The van der Waals surface area contributed by atoms with Crippen LogP contribution in [0.25, 0.3) is 0 Å². The van der Waals surface area contributed by atoms with E-state index in [0.717, 1.165) is 4.90 Å². The Morgan fingerprint density at radius 1 is 1.05 bits per heavy atom. The van der Waals surface area contributed by atoms with Crippen molar-refractivity contribution >= 4 is 29.5 Å². The average molecular weight is 507 g/mol. The van der Waals surface area contributed by atoms with Gasteiger partial charge in [0, 0.05) is 30.9 Å². The minimum Gasteiger partial charge on any atom is -0.459 e. The van der Waals surface area contributed by atoms with Gasteiger partial charge in [-0.25, -0.2) is 9.59 Å². The fourth-order valence-electron chi connectivity index (χ4n) is 4.55. The van der Waals surface area contributed by atoms with Crippen LogP contribution in [0.4, 0.5) is 10.5 Å². The van der Waals surface area contributed by atoms with Crippen LogP contribution in [-0.4, -0.2) is 57.7 Å². The summed E-state index contributed by atoms with van der Waals surface area (Å²) in [4.78, 5) is 64.9. The van der Waals surface area contributed by atoms with E-state index in [4.69, 9.17) is 4.74 Å². The lowest BCUT2D eigenvalue weighted by atomic mass is 9.93. The molecule has 0 spiro atoms. The number of carbonyl (C=O) groups excluding carboxylic acids is 4. The van der Waals surface area contributed by atoms with E-state index in [0.29, 0.717) is 16.7 Å². The molecule has 0 radical (unpaired) electrons. The van der Waals surface area contributed by atoms with Crippen molar-refractivity contribution < 1.29 is 28.8 Å². The van der Waals surface area contributed by atoms with Gasteiger partial charge in [-0.3, -0.25) is 24.6 Å². The molecule has 1 atom stereocenters. The number of hydrogen-bond acceptors (Lipinski definition) is 7. The molecule has 2 aliphatic heterocycles. The molecule has 4 rings (SSSR count). The molecule has 0 saturated carbocycles. The summed E-state index contributed by atoms with van der Waals surface area (Å²) in [7, 11) is 0. The molecule has 2 aliphatic rings. The van der Waals surface area contributed by atoms with E-state index in [2.05, 4.69) is 5.32 Å². The van der Waals surface area contributed by atoms with E-state index in [1.807, 2.05) is 0 Å². The number of urea groups is 1. The van der Waals surface area contributed by atoms with E-state index in [1.165, 1.54) is 23.1 Å². The van der Waals surface area contributed by atoms with E-state index in [1.54, 1.807) is 51.1 Å². The molecule has 1 N–H and O–H groups in total. The first-order valence-electron chi connectivity index (χ1n) is 11.8. The molecule has 11 nitrogen and oxygen atoms in total. The van der Waals surface area contributed by atoms with Gasteiger partial charge < -0.3 is 15.0 Å². The van der Waals surface area contributed by atoms with Gasteiger partial charge in [0.1, 0.15) is 0 Å². The summed E-state index contributed by atoms with van der Waals surface area (Å²) in [5, 5.41) is 14.1. The van der Waals surface area contributed by atoms with Gasteiger partial charge in [-0.2, -0.15) is 0 Å². The maximum absolute atomic E-state index is 13.1. The van der Waals surface area contributed by atoms with Crippen LogP contribution in [-0.2, 0) is 9.53 Å². The molecule has 2 aromatic rings. The van der Waals surface area contributed by atoms with E-state index < -0.39 is 40.9 Å². The SMILES string of the molecule is CC1=C(C(=O)OC(C)C)C(c2cccc([N+](=O)[O-])c2)N(CCCN2C(=O)c3ccccc3C2=O)C(=O)N1. The number of esters is 1. The van der Waals surface area contributed by atoms with Crippen molar-refractivity contribution in [2.24, 2.45) is 0 Å². The second-order valence-electron chi connectivity index (χ2n) is 9.03. The number of benzene rings is 2. The van der Waals surface area contributed by atoms with Crippen molar-refractivity contribution in [1.29, 1.82) is 0 Å². The molecular formula is C26H26N4O7. The quantitative estimate of drug-likeness (QED) is 0.250. The number of rotatable bonds is 8. The van der Waals surface area contributed by atoms with Crippen LogP contribution in [0.1, 0.15) is 59.5 Å². The highest BCUT2D eigenvalue weighted by atomic mass is 16.6. The third-order valence-corrected chi connectivity index (χ3v) is 6.16. The Kier molecular flexibility index (Phi) is 7.05. The Bertz CT molecular complexity index is 1300. The molecule has 0 bridgehead atoms. The first-order valence-corrected chi connectivity index (χ1v) is 11.8. The summed E-state index contributed by atoms with van der Waals surface area (Å²) in [6.45, 7) is 5.05. The van der Waals surface area contributed by atoms with Crippen molar-refractivity contribution in [1.82, 2.24) is 15.1 Å². The summed E-state index contributed by atoms with van der Waals surface area (Å²) in [6.07, 6.45) is -0.214. The van der Waals surface area contributed by atoms with Crippen LogP contribution in [0.15, 0.2) is 59.8 Å². The Morgan fingerprint density at radius 2 is 1.70 bits per heavy atom. The molecule has 0 saturated heterocycles. The monoisotopic (exact) mass is 506 g/mol. The molecule has 1 unspecified atom stereocenters. The fourth-order valence-corrected chi connectivity index (χ4v) is 4.55. The number of nitro groups is 1. The Labute approximate surface area is 212 Å². The molecule has 2 heterocycles. The second kappa shape index (κ2) is 10.2. The maximum Gasteiger partial charge on any atom is 0.338 e. The van der Waals surface area contributed by atoms with Gasteiger partial charge in [-0.05, 0) is 44.9 Å². The van der Waals surface area contributed by atoms with Crippen molar-refractivity contribution in [3.05, 3.63) is 86.6 Å². The number of nitrogens with one attached hydrogen (secondary N) is 1. The Hall–Kier alpha value is -4.54. The fraction of sp³-hybridized carbons (Fsp3) is 0.308. The van der Waals surface area contributed by atoms with Crippen molar-refractivity contribution in [3.8, 4) is 0 Å². The van der Waals surface area contributed by atoms with Crippen LogP contribution in [0.5, 0.6) is 0 Å². The highest BCUT2D eigenvalue weighted by Crippen LogP contribution is 2.36. The second-order valence-corrected chi connectivity index (χ2v) is 9.03. The minimum absolute atomic E-state index is 0.0479. The van der Waals surface area contributed by atoms with Gasteiger partial charge in [0.25, 0.3) is 17.5 Å². The van der Waals surface area contributed by atoms with Gasteiger partial charge in [-0.15, -0.1) is 0 Å². The summed E-state index contributed by atoms with van der Waals surface area (Å²) < 4.78 is 5.42. The maximum atomic E-state index is 13.1. The van der Waals surface area contributed by atoms with Crippen molar-refractivity contribution in [2.45, 2.75) is 39.3 Å². The molecule has 192 valence electrons. The van der Waals surface area contributed by atoms with Gasteiger partial charge in [0.05, 0.1) is 33.8 Å². The summed E-state index contributed by atoms with van der Waals surface area (Å²) >= 11 is 0. The third-order valence-electron chi connectivity index (χ3n) is 6.16. The number of imide groups is 1. The molecule has 4 amide bonds. The van der Waals surface area contributed by atoms with Crippen molar-refractivity contribution in [2.75, 3.05) is 13.1 Å². The van der Waals surface area contributed by atoms with Crippen LogP contribution in [0.2, 0.25) is 0 Å². The number of nitrogens with zero attached hydrogens (tertiary/aromatic N) is 3. The molecule has 2 aromatic carbocycles. The van der Waals surface area contributed by atoms with Crippen LogP contribution in [0.3, 0.4) is 0 Å². The standard InChI is InChI=1S/C26H26N4O7/c1-15(2)37-25(33)21-16(3)27-26(34)28(22(21)17-8-6-9-18(14-17)30(35)36)12-7-13-29-23(31)19-10-4-5-11-20(19)24(29)32/h4-6,8-11,14-15,22H,7,12-13H2,1-3H3,(H,27,34). The number of non-ortho nitro benzene ring substituents is 1. The van der Waals surface area contributed by atoms with Crippen LogP contribution >= 0.6 is 0 Å². The minimum atomic E-state index is -0.970. The zero-order chi connectivity index (χ0) is 26.9. The molecule has 11 heteroatoms. The van der Waals surface area contributed by atoms with Crippen LogP contribution in [0, 0.1) is 10.1 Å². The summed E-state index contributed by atoms with van der Waals surface area (Å²) in [5.74, 6) is -1.47. The van der Waals surface area contributed by atoms with Gasteiger partial charge in [0.2, 0.25) is 0 Å². The largest absolute Gasteiger partial charge is 0.459 e. The molecular weight excluding hydrogens is 480 g/mol. The highest BCUT2D eigenvalue weighted by molar-refractivity contribution is 6.21. The van der Waals surface area contributed by atoms with E-state index >= 15 is 0 Å². The average Bonchev–Trinajstić information content (AvgIpc) is 3.09. The van der Waals surface area contributed by atoms with Crippen molar-refractivity contribution in [3.63, 3.8) is 0 Å². The molecule has 0 aliphatic carbocycles.